The van der Waals surface area contributed by atoms with E-state index < -0.39 is 0 Å². The number of nitrogens with zero attached hydrogens (tertiary/aromatic N) is 2. The molecular weight excluding hydrogens is 302 g/mol. The fourth-order valence-electron chi connectivity index (χ4n) is 2.72. The van der Waals surface area contributed by atoms with Gasteiger partial charge in [-0.3, -0.25) is 4.79 Å². The average Bonchev–Trinajstić information content (AvgIpc) is 2.98. The van der Waals surface area contributed by atoms with Crippen LogP contribution in [-0.2, 0) is 17.9 Å². The zero-order valence-electron chi connectivity index (χ0n) is 13.5. The standard InChI is InChI=1S/C19H21N3O2/c23-15-20-14-19-21-17-10-4-5-11-18(17)22(19)12-6-7-13-24-16-8-2-1-3-9-16/h1-5,8-11,15H,6-7,12-14H2,(H,20,23). The Balaban J connectivity index is 1.58. The first kappa shape index (κ1) is 16.1. The number of nitrogens with one attached hydrogen (secondary N) is 1. The van der Waals surface area contributed by atoms with Crippen LogP contribution in [0, 0.1) is 0 Å². The molecule has 2 aromatic carbocycles. The third-order valence-electron chi connectivity index (χ3n) is 3.87. The molecule has 1 N–H and O–H groups in total. The van der Waals surface area contributed by atoms with Crippen LogP contribution in [0.15, 0.2) is 54.6 Å². The van der Waals surface area contributed by atoms with Gasteiger partial charge in [0, 0.05) is 6.54 Å². The van der Waals surface area contributed by atoms with Crippen LogP contribution in [0.25, 0.3) is 11.0 Å². The summed E-state index contributed by atoms with van der Waals surface area (Å²) in [6.07, 6.45) is 2.65. The van der Waals surface area contributed by atoms with Gasteiger partial charge in [-0.1, -0.05) is 30.3 Å². The van der Waals surface area contributed by atoms with Crippen molar-refractivity contribution in [2.45, 2.75) is 25.9 Å². The van der Waals surface area contributed by atoms with Gasteiger partial charge < -0.3 is 14.6 Å². The summed E-state index contributed by atoms with van der Waals surface area (Å²) in [6.45, 7) is 1.99. The van der Waals surface area contributed by atoms with E-state index in [9.17, 15) is 4.79 Å². The number of carbonyl (C=O) groups is 1. The summed E-state index contributed by atoms with van der Waals surface area (Å²) < 4.78 is 7.90. The van der Waals surface area contributed by atoms with Gasteiger partial charge in [-0.25, -0.2) is 4.98 Å². The van der Waals surface area contributed by atoms with E-state index in [1.54, 1.807) is 0 Å². The van der Waals surface area contributed by atoms with Crippen molar-refractivity contribution < 1.29 is 9.53 Å². The molecule has 124 valence electrons. The molecule has 0 atom stereocenters. The Labute approximate surface area is 141 Å². The molecule has 0 fully saturated rings. The third kappa shape index (κ3) is 3.93. The second-order valence-electron chi connectivity index (χ2n) is 5.54. The zero-order chi connectivity index (χ0) is 16.6. The van der Waals surface area contributed by atoms with E-state index in [2.05, 4.69) is 20.9 Å². The van der Waals surface area contributed by atoms with Crippen molar-refractivity contribution in [1.82, 2.24) is 14.9 Å². The van der Waals surface area contributed by atoms with Gasteiger partial charge in [0.15, 0.2) is 0 Å². The summed E-state index contributed by atoms with van der Waals surface area (Å²) in [5.74, 6) is 1.79. The largest absolute Gasteiger partial charge is 0.494 e. The summed E-state index contributed by atoms with van der Waals surface area (Å²) in [6, 6.07) is 17.9. The Kier molecular flexibility index (Phi) is 5.45. The van der Waals surface area contributed by atoms with Gasteiger partial charge in [0.2, 0.25) is 6.41 Å². The molecule has 0 saturated heterocycles. The minimum atomic E-state index is 0.443. The third-order valence-corrected chi connectivity index (χ3v) is 3.87. The van der Waals surface area contributed by atoms with Crippen LogP contribution in [0.2, 0.25) is 0 Å². The SMILES string of the molecule is O=CNCc1nc2ccccc2n1CCCCOc1ccccc1. The van der Waals surface area contributed by atoms with E-state index in [0.29, 0.717) is 19.6 Å². The number of fused-ring (bicyclic) bond motifs is 1. The predicted molar refractivity (Wildman–Crippen MR) is 93.8 cm³/mol. The van der Waals surface area contributed by atoms with Gasteiger partial charge in [0.25, 0.3) is 0 Å². The van der Waals surface area contributed by atoms with E-state index >= 15 is 0 Å². The molecule has 1 heterocycles. The number of ether oxygens (including phenoxy) is 1. The van der Waals surface area contributed by atoms with Gasteiger partial charge in [-0.15, -0.1) is 0 Å². The molecule has 24 heavy (non-hydrogen) atoms. The number of imidazole rings is 1. The fraction of sp³-hybridized carbons (Fsp3) is 0.263. The molecule has 5 nitrogen and oxygen atoms in total. The Bertz CT molecular complexity index is 784. The normalized spacial score (nSPS) is 10.7. The van der Waals surface area contributed by atoms with Crippen LogP contribution < -0.4 is 10.1 Å². The summed E-state index contributed by atoms with van der Waals surface area (Å²) in [5, 5.41) is 2.70. The first-order valence-corrected chi connectivity index (χ1v) is 8.17. The van der Waals surface area contributed by atoms with Crippen molar-refractivity contribution in [1.29, 1.82) is 0 Å². The maximum Gasteiger partial charge on any atom is 0.207 e. The highest BCUT2D eigenvalue weighted by Crippen LogP contribution is 2.17. The van der Waals surface area contributed by atoms with E-state index in [4.69, 9.17) is 4.74 Å². The number of hydrogen-bond donors (Lipinski definition) is 1. The van der Waals surface area contributed by atoms with Crippen LogP contribution in [0.3, 0.4) is 0 Å². The highest BCUT2D eigenvalue weighted by Gasteiger charge is 2.09. The lowest BCUT2D eigenvalue weighted by molar-refractivity contribution is -0.109. The molecule has 0 aliphatic heterocycles. The monoisotopic (exact) mass is 323 g/mol. The van der Waals surface area contributed by atoms with Crippen LogP contribution in [0.5, 0.6) is 5.75 Å². The highest BCUT2D eigenvalue weighted by molar-refractivity contribution is 5.75. The van der Waals surface area contributed by atoms with Crippen molar-refractivity contribution in [3.8, 4) is 5.75 Å². The number of rotatable bonds is 9. The Morgan fingerprint density at radius 3 is 2.67 bits per heavy atom. The molecule has 5 heteroatoms. The Morgan fingerprint density at radius 1 is 1.04 bits per heavy atom. The lowest BCUT2D eigenvalue weighted by atomic mass is 10.3. The van der Waals surface area contributed by atoms with Gasteiger partial charge in [-0.2, -0.15) is 0 Å². The van der Waals surface area contributed by atoms with Crippen LogP contribution in [-0.4, -0.2) is 22.6 Å². The molecule has 0 aliphatic rings. The molecule has 0 bridgehead atoms. The number of carbonyl (C=O) groups excluding carboxylic acids is 1. The summed E-state index contributed by atoms with van der Waals surface area (Å²) >= 11 is 0. The molecule has 1 amide bonds. The summed E-state index contributed by atoms with van der Waals surface area (Å²) in [5.41, 5.74) is 2.06. The van der Waals surface area contributed by atoms with Crippen LogP contribution >= 0.6 is 0 Å². The van der Waals surface area contributed by atoms with Crippen molar-refractivity contribution in [2.24, 2.45) is 0 Å². The molecule has 0 spiro atoms. The zero-order valence-corrected chi connectivity index (χ0v) is 13.5. The average molecular weight is 323 g/mol. The number of para-hydroxylation sites is 3. The van der Waals surface area contributed by atoms with Crippen molar-refractivity contribution >= 4 is 17.4 Å². The van der Waals surface area contributed by atoms with Crippen LogP contribution in [0.1, 0.15) is 18.7 Å². The predicted octanol–water partition coefficient (Wildman–Crippen LogP) is 3.14. The van der Waals surface area contributed by atoms with E-state index in [1.807, 2.05) is 48.5 Å². The Hall–Kier alpha value is -2.82. The van der Waals surface area contributed by atoms with Crippen molar-refractivity contribution in [3.05, 3.63) is 60.4 Å². The van der Waals surface area contributed by atoms with Gasteiger partial charge in [-0.05, 0) is 37.1 Å². The second kappa shape index (κ2) is 8.15. The van der Waals surface area contributed by atoms with Crippen LogP contribution in [0.4, 0.5) is 0 Å². The number of aryl methyl sites for hydroxylation is 1. The van der Waals surface area contributed by atoms with E-state index in [-0.39, 0.29) is 0 Å². The first-order chi connectivity index (χ1) is 11.9. The molecule has 0 aliphatic carbocycles. The molecular formula is C19H21N3O2. The number of benzene rings is 2. The van der Waals surface area contributed by atoms with Crippen molar-refractivity contribution in [3.63, 3.8) is 0 Å². The van der Waals surface area contributed by atoms with E-state index in [1.165, 1.54) is 0 Å². The maximum atomic E-state index is 10.6. The molecule has 0 radical (unpaired) electrons. The molecule has 0 saturated carbocycles. The lowest BCUT2D eigenvalue weighted by Crippen LogP contribution is -2.15. The first-order valence-electron chi connectivity index (χ1n) is 8.17. The molecule has 1 aromatic heterocycles. The number of hydrogen-bond acceptors (Lipinski definition) is 3. The van der Waals surface area contributed by atoms with Gasteiger partial charge in [0.1, 0.15) is 11.6 Å². The smallest absolute Gasteiger partial charge is 0.207 e. The number of unbranched alkanes of at least 4 members (excludes halogenated alkanes) is 1. The lowest BCUT2D eigenvalue weighted by Gasteiger charge is -2.10. The summed E-state index contributed by atoms with van der Waals surface area (Å²) in [4.78, 5) is 15.2. The summed E-state index contributed by atoms with van der Waals surface area (Å²) in [7, 11) is 0. The quantitative estimate of drug-likeness (QED) is 0.486. The van der Waals surface area contributed by atoms with E-state index in [0.717, 1.165) is 42.0 Å². The Morgan fingerprint density at radius 2 is 1.83 bits per heavy atom. The molecule has 0 unspecified atom stereocenters. The minimum Gasteiger partial charge on any atom is -0.494 e. The molecule has 3 rings (SSSR count). The second-order valence-corrected chi connectivity index (χ2v) is 5.54. The number of aromatic nitrogens is 2. The van der Waals surface area contributed by atoms with Gasteiger partial charge in [0.05, 0.1) is 24.2 Å². The highest BCUT2D eigenvalue weighted by atomic mass is 16.5. The maximum absolute atomic E-state index is 10.6. The number of amides is 1. The molecule has 3 aromatic rings. The van der Waals surface area contributed by atoms with Crippen molar-refractivity contribution in [2.75, 3.05) is 6.61 Å². The topological polar surface area (TPSA) is 56.2 Å². The fourth-order valence-corrected chi connectivity index (χ4v) is 2.72. The van der Waals surface area contributed by atoms with Gasteiger partial charge >= 0.3 is 0 Å². The minimum absolute atomic E-state index is 0.443.